The van der Waals surface area contributed by atoms with Gasteiger partial charge in [0.05, 0.1) is 6.61 Å². The number of hydrogen-bond donors (Lipinski definition) is 2. The van der Waals surface area contributed by atoms with Crippen LogP contribution in [0.2, 0.25) is 0 Å². The van der Waals surface area contributed by atoms with Crippen molar-refractivity contribution in [3.8, 4) is 0 Å². The number of anilines is 1. The Morgan fingerprint density at radius 1 is 1.29 bits per heavy atom. The minimum Gasteiger partial charge on any atom is -0.396 e. The third kappa shape index (κ3) is 3.41. The molecule has 1 aromatic heterocycles. The van der Waals surface area contributed by atoms with Crippen LogP contribution in [0.3, 0.4) is 0 Å². The Hall–Kier alpha value is -1.13. The Kier molecular flexibility index (Phi) is 5.38. The van der Waals surface area contributed by atoms with Crippen molar-refractivity contribution < 1.29 is 10.2 Å². The molecule has 0 radical (unpaired) electrons. The first-order chi connectivity index (χ1) is 8.13. The first-order valence-corrected chi connectivity index (χ1v) is 6.07. The van der Waals surface area contributed by atoms with E-state index < -0.39 is 0 Å². The summed E-state index contributed by atoms with van der Waals surface area (Å²) in [6.07, 6.45) is 0.716. The van der Waals surface area contributed by atoms with E-state index in [-0.39, 0.29) is 13.2 Å². The minimum absolute atomic E-state index is 0.00404. The maximum atomic E-state index is 9.44. The van der Waals surface area contributed by atoms with Crippen molar-refractivity contribution in [1.29, 1.82) is 0 Å². The Bertz CT molecular complexity index is 367. The van der Waals surface area contributed by atoms with Gasteiger partial charge in [-0.25, -0.2) is 4.98 Å². The maximum absolute atomic E-state index is 9.44. The van der Waals surface area contributed by atoms with Gasteiger partial charge in [-0.3, -0.25) is 0 Å². The molecule has 0 aliphatic carbocycles. The van der Waals surface area contributed by atoms with Crippen LogP contribution in [0.15, 0.2) is 6.07 Å². The molecule has 0 saturated carbocycles. The van der Waals surface area contributed by atoms with E-state index in [1.165, 1.54) is 0 Å². The van der Waals surface area contributed by atoms with Gasteiger partial charge in [-0.05, 0) is 38.8 Å². The van der Waals surface area contributed by atoms with Crippen molar-refractivity contribution in [1.82, 2.24) is 4.98 Å². The summed E-state index contributed by atoms with van der Waals surface area (Å²) >= 11 is 0. The predicted molar refractivity (Wildman–Crippen MR) is 69.2 cm³/mol. The topological polar surface area (TPSA) is 56.6 Å². The molecule has 17 heavy (non-hydrogen) atoms. The SMILES string of the molecule is CCN(CCCO)c1nc(C)cc(C)c1CO. The van der Waals surface area contributed by atoms with Crippen molar-refractivity contribution in [3.63, 3.8) is 0 Å². The van der Waals surface area contributed by atoms with E-state index in [2.05, 4.69) is 16.8 Å². The van der Waals surface area contributed by atoms with Crippen LogP contribution >= 0.6 is 0 Å². The zero-order valence-corrected chi connectivity index (χ0v) is 10.9. The molecule has 0 saturated heterocycles. The fraction of sp³-hybridized carbons (Fsp3) is 0.615. The number of aliphatic hydroxyl groups is 2. The number of aromatic nitrogens is 1. The molecule has 0 atom stereocenters. The lowest BCUT2D eigenvalue weighted by atomic mass is 10.1. The molecule has 0 aliphatic heterocycles. The second kappa shape index (κ2) is 6.57. The molecular weight excluding hydrogens is 216 g/mol. The van der Waals surface area contributed by atoms with E-state index in [9.17, 15) is 5.11 Å². The fourth-order valence-corrected chi connectivity index (χ4v) is 1.98. The summed E-state index contributed by atoms with van der Waals surface area (Å²) in [5, 5.41) is 18.3. The van der Waals surface area contributed by atoms with E-state index >= 15 is 0 Å². The Morgan fingerprint density at radius 3 is 2.53 bits per heavy atom. The summed E-state index contributed by atoms with van der Waals surface area (Å²) in [4.78, 5) is 6.61. The molecular formula is C13H22N2O2. The second-order valence-corrected chi connectivity index (χ2v) is 4.20. The predicted octanol–water partition coefficient (Wildman–Crippen LogP) is 1.40. The van der Waals surface area contributed by atoms with Crippen LogP contribution in [0.5, 0.6) is 0 Å². The van der Waals surface area contributed by atoms with Gasteiger partial charge in [0.15, 0.2) is 0 Å². The highest BCUT2D eigenvalue weighted by Crippen LogP contribution is 2.22. The molecule has 1 aromatic rings. The zero-order valence-electron chi connectivity index (χ0n) is 10.9. The van der Waals surface area contributed by atoms with E-state index in [1.807, 2.05) is 19.9 Å². The van der Waals surface area contributed by atoms with Gasteiger partial charge in [0.1, 0.15) is 5.82 Å². The molecule has 2 N–H and O–H groups in total. The van der Waals surface area contributed by atoms with Gasteiger partial charge in [0, 0.05) is 31.0 Å². The number of aryl methyl sites for hydroxylation is 2. The monoisotopic (exact) mass is 238 g/mol. The largest absolute Gasteiger partial charge is 0.396 e. The first kappa shape index (κ1) is 13.9. The van der Waals surface area contributed by atoms with Crippen molar-refractivity contribution in [2.75, 3.05) is 24.6 Å². The lowest BCUT2D eigenvalue weighted by Crippen LogP contribution is -2.27. The summed E-state index contributed by atoms with van der Waals surface area (Å²) in [6.45, 7) is 7.76. The van der Waals surface area contributed by atoms with Gasteiger partial charge in [0.2, 0.25) is 0 Å². The third-order valence-corrected chi connectivity index (χ3v) is 2.88. The lowest BCUT2D eigenvalue weighted by Gasteiger charge is -2.25. The van der Waals surface area contributed by atoms with Crippen LogP contribution in [-0.2, 0) is 6.61 Å². The summed E-state index contributed by atoms with van der Waals surface area (Å²) in [6, 6.07) is 1.98. The van der Waals surface area contributed by atoms with Gasteiger partial charge in [-0.15, -0.1) is 0 Å². The summed E-state index contributed by atoms with van der Waals surface area (Å²) in [5.41, 5.74) is 2.91. The summed E-state index contributed by atoms with van der Waals surface area (Å²) < 4.78 is 0. The van der Waals surface area contributed by atoms with Crippen molar-refractivity contribution >= 4 is 5.82 Å². The van der Waals surface area contributed by atoms with Crippen LogP contribution in [0.25, 0.3) is 0 Å². The number of pyridine rings is 1. The van der Waals surface area contributed by atoms with Gasteiger partial charge in [-0.2, -0.15) is 0 Å². The van der Waals surface area contributed by atoms with Crippen LogP contribution in [-0.4, -0.2) is 34.9 Å². The normalized spacial score (nSPS) is 10.6. The van der Waals surface area contributed by atoms with E-state index in [1.54, 1.807) is 0 Å². The molecule has 1 rings (SSSR count). The Morgan fingerprint density at radius 2 is 2.00 bits per heavy atom. The number of hydrogen-bond acceptors (Lipinski definition) is 4. The van der Waals surface area contributed by atoms with Gasteiger partial charge in [-0.1, -0.05) is 0 Å². The van der Waals surface area contributed by atoms with E-state index in [4.69, 9.17) is 5.11 Å². The van der Waals surface area contributed by atoms with Crippen molar-refractivity contribution in [3.05, 3.63) is 22.9 Å². The van der Waals surface area contributed by atoms with Gasteiger partial charge < -0.3 is 15.1 Å². The molecule has 0 aromatic carbocycles. The molecule has 0 bridgehead atoms. The highest BCUT2D eigenvalue weighted by Gasteiger charge is 2.13. The molecule has 0 unspecified atom stereocenters. The average molecular weight is 238 g/mol. The Labute approximate surface area is 103 Å². The molecule has 4 nitrogen and oxygen atoms in total. The van der Waals surface area contributed by atoms with Gasteiger partial charge in [0.25, 0.3) is 0 Å². The number of nitrogens with zero attached hydrogens (tertiary/aromatic N) is 2. The quantitative estimate of drug-likeness (QED) is 0.786. The maximum Gasteiger partial charge on any atom is 0.134 e. The van der Waals surface area contributed by atoms with Crippen LogP contribution < -0.4 is 4.90 Å². The summed E-state index contributed by atoms with van der Waals surface area (Å²) in [7, 11) is 0. The average Bonchev–Trinajstić information content (AvgIpc) is 2.29. The molecule has 0 amide bonds. The van der Waals surface area contributed by atoms with Crippen LogP contribution in [0, 0.1) is 13.8 Å². The highest BCUT2D eigenvalue weighted by atomic mass is 16.3. The molecule has 0 spiro atoms. The molecule has 96 valence electrons. The van der Waals surface area contributed by atoms with Crippen molar-refractivity contribution in [2.24, 2.45) is 0 Å². The number of aliphatic hydroxyl groups excluding tert-OH is 2. The molecule has 1 heterocycles. The van der Waals surface area contributed by atoms with E-state index in [0.717, 1.165) is 35.7 Å². The third-order valence-electron chi connectivity index (χ3n) is 2.88. The van der Waals surface area contributed by atoms with Crippen LogP contribution in [0.4, 0.5) is 5.82 Å². The fourth-order valence-electron chi connectivity index (χ4n) is 1.98. The second-order valence-electron chi connectivity index (χ2n) is 4.20. The van der Waals surface area contributed by atoms with Gasteiger partial charge >= 0.3 is 0 Å². The highest BCUT2D eigenvalue weighted by molar-refractivity contribution is 5.51. The standard InChI is InChI=1S/C13H22N2O2/c1-4-15(6-5-7-16)13-12(9-17)10(2)8-11(3)14-13/h8,16-17H,4-7,9H2,1-3H3. The first-order valence-electron chi connectivity index (χ1n) is 6.07. The summed E-state index contributed by atoms with van der Waals surface area (Å²) in [5.74, 6) is 0.848. The minimum atomic E-state index is 0.00404. The van der Waals surface area contributed by atoms with Crippen molar-refractivity contribution in [2.45, 2.75) is 33.8 Å². The zero-order chi connectivity index (χ0) is 12.8. The number of rotatable bonds is 6. The smallest absolute Gasteiger partial charge is 0.134 e. The Balaban J connectivity index is 3.07. The lowest BCUT2D eigenvalue weighted by molar-refractivity contribution is 0.280. The molecule has 0 fully saturated rings. The molecule has 4 heteroatoms. The molecule has 0 aliphatic rings. The van der Waals surface area contributed by atoms with Crippen LogP contribution in [0.1, 0.15) is 30.2 Å². The van der Waals surface area contributed by atoms with E-state index in [0.29, 0.717) is 6.42 Å².